The topological polar surface area (TPSA) is 72.7 Å². The molecular formula is C13H21NO3. The highest BCUT2D eigenvalue weighted by Crippen LogP contribution is 2.22. The molecule has 4 N–H and O–H groups in total. The Morgan fingerprint density at radius 1 is 1.47 bits per heavy atom. The molecule has 0 heterocycles. The molecule has 4 nitrogen and oxygen atoms in total. The minimum Gasteiger partial charge on any atom is -0.508 e. The molecule has 0 bridgehead atoms. The molecule has 0 saturated carbocycles. The van der Waals surface area contributed by atoms with E-state index in [0.717, 1.165) is 12.1 Å². The number of rotatable bonds is 4. The normalized spacial score (nSPS) is 19.0. The Hall–Kier alpha value is -1.10. The second-order valence-corrected chi connectivity index (χ2v) is 4.89. The zero-order chi connectivity index (χ0) is 15.8. The van der Waals surface area contributed by atoms with Gasteiger partial charge in [0, 0.05) is 17.6 Å². The van der Waals surface area contributed by atoms with Crippen molar-refractivity contribution in [2.45, 2.75) is 38.9 Å². The van der Waals surface area contributed by atoms with Crippen molar-refractivity contribution in [2.75, 3.05) is 6.54 Å². The summed E-state index contributed by atoms with van der Waals surface area (Å²) in [5.41, 5.74) is -0.586. The Balaban J connectivity index is 3.07. The third kappa shape index (κ3) is 4.34. The summed E-state index contributed by atoms with van der Waals surface area (Å²) in [6.45, 7) is 2.84. The Morgan fingerprint density at radius 2 is 2.12 bits per heavy atom. The highest BCUT2D eigenvalue weighted by atomic mass is 16.3. The lowest BCUT2D eigenvalue weighted by Gasteiger charge is -2.23. The fourth-order valence-electron chi connectivity index (χ4n) is 1.26. The van der Waals surface area contributed by atoms with Crippen LogP contribution in [0.2, 0.25) is 0 Å². The van der Waals surface area contributed by atoms with Gasteiger partial charge in [-0.15, -0.1) is 0 Å². The Morgan fingerprint density at radius 3 is 2.65 bits per heavy atom. The largest absolute Gasteiger partial charge is 0.508 e. The number of β-amino-alcohol motifs (C(OH)–C–C–N with tert-alkyl or cyclic N) is 1. The number of nitrogens with one attached hydrogen (secondary N) is 1. The van der Waals surface area contributed by atoms with Crippen molar-refractivity contribution in [3.8, 4) is 5.75 Å². The maximum Gasteiger partial charge on any atom is 0.121 e. The van der Waals surface area contributed by atoms with E-state index < -0.39 is 18.4 Å². The maximum absolute atomic E-state index is 10.1. The van der Waals surface area contributed by atoms with Crippen LogP contribution in [0.1, 0.15) is 42.1 Å². The van der Waals surface area contributed by atoms with E-state index in [9.17, 15) is 15.3 Å². The van der Waals surface area contributed by atoms with Crippen molar-refractivity contribution in [1.29, 1.82) is 0 Å². The predicted molar refractivity (Wildman–Crippen MR) is 66.7 cm³/mol. The molecule has 1 rings (SSSR count). The quantitative estimate of drug-likeness (QED) is 0.642. The summed E-state index contributed by atoms with van der Waals surface area (Å²) in [7, 11) is 0. The minimum atomic E-state index is -2.74. The van der Waals surface area contributed by atoms with Crippen molar-refractivity contribution < 1.29 is 19.4 Å². The van der Waals surface area contributed by atoms with Crippen LogP contribution < -0.4 is 5.32 Å². The van der Waals surface area contributed by atoms with Crippen LogP contribution >= 0.6 is 0 Å². The number of benzene rings is 1. The molecule has 0 aliphatic heterocycles. The molecule has 1 aromatic carbocycles. The number of hydrogen-bond acceptors (Lipinski definition) is 4. The number of aromatic hydroxyl groups is 1. The first-order valence-corrected chi connectivity index (χ1v) is 5.37. The number of phenols is 1. The van der Waals surface area contributed by atoms with E-state index in [0.29, 0.717) is 0 Å². The second-order valence-electron chi connectivity index (χ2n) is 4.89. The fourth-order valence-corrected chi connectivity index (χ4v) is 1.26. The Labute approximate surface area is 106 Å². The molecule has 4 heteroatoms. The number of aliphatic hydroxyl groups is 2. The summed E-state index contributed by atoms with van der Waals surface area (Å²) < 4.78 is 22.4. The summed E-state index contributed by atoms with van der Waals surface area (Å²) in [4.78, 5) is 0. The minimum absolute atomic E-state index is 0.0743. The van der Waals surface area contributed by atoms with Gasteiger partial charge in [-0.25, -0.2) is 0 Å². The molecule has 1 unspecified atom stereocenters. The van der Waals surface area contributed by atoms with Crippen LogP contribution in [0.3, 0.4) is 0 Å². The van der Waals surface area contributed by atoms with Gasteiger partial charge in [-0.2, -0.15) is 0 Å². The molecule has 17 heavy (non-hydrogen) atoms. The van der Waals surface area contributed by atoms with Gasteiger partial charge in [0.2, 0.25) is 0 Å². The first-order valence-electron chi connectivity index (χ1n) is 6.87. The van der Waals surface area contributed by atoms with E-state index in [1.165, 1.54) is 6.07 Å². The second kappa shape index (κ2) is 5.49. The maximum atomic E-state index is 10.1. The molecule has 0 aliphatic rings. The van der Waals surface area contributed by atoms with Crippen LogP contribution in [0.4, 0.5) is 0 Å². The van der Waals surface area contributed by atoms with Crippen LogP contribution in [0, 0.1) is 0 Å². The molecule has 0 spiro atoms. The molecular weight excluding hydrogens is 218 g/mol. The van der Waals surface area contributed by atoms with Gasteiger partial charge < -0.3 is 20.6 Å². The van der Waals surface area contributed by atoms with Gasteiger partial charge in [0.15, 0.2) is 0 Å². The lowest BCUT2D eigenvalue weighted by atomic mass is 10.0. The summed E-state index contributed by atoms with van der Waals surface area (Å²) >= 11 is 0. The van der Waals surface area contributed by atoms with Gasteiger partial charge in [-0.05, 0) is 38.5 Å². The number of hydrogen-bond donors (Lipinski definition) is 4. The molecule has 1 aromatic rings. The van der Waals surface area contributed by atoms with Crippen molar-refractivity contribution in [3.05, 3.63) is 29.3 Å². The van der Waals surface area contributed by atoms with Gasteiger partial charge in [-0.1, -0.05) is 6.07 Å². The first-order chi connectivity index (χ1) is 8.83. The van der Waals surface area contributed by atoms with Gasteiger partial charge in [0.1, 0.15) is 5.75 Å². The lowest BCUT2D eigenvalue weighted by molar-refractivity contribution is 0.163. The molecule has 1 atom stereocenters. The third-order valence-corrected chi connectivity index (χ3v) is 2.24. The molecule has 0 radical (unpaired) electrons. The molecule has 0 aromatic heterocycles. The average molecular weight is 242 g/mol. The monoisotopic (exact) mass is 242 g/mol. The zero-order valence-corrected chi connectivity index (χ0v) is 10.3. The van der Waals surface area contributed by atoms with E-state index in [4.69, 9.17) is 4.11 Å². The lowest BCUT2D eigenvalue weighted by Crippen LogP contribution is -2.38. The smallest absolute Gasteiger partial charge is 0.121 e. The van der Waals surface area contributed by atoms with E-state index in [1.54, 1.807) is 0 Å². The van der Waals surface area contributed by atoms with Crippen molar-refractivity contribution in [3.63, 3.8) is 0 Å². The van der Waals surface area contributed by atoms with E-state index >= 15 is 0 Å². The summed E-state index contributed by atoms with van der Waals surface area (Å²) in [6.07, 6.45) is -2.00. The Kier molecular flexibility index (Phi) is 3.19. The molecule has 0 aliphatic carbocycles. The van der Waals surface area contributed by atoms with Crippen LogP contribution in [0.15, 0.2) is 18.2 Å². The third-order valence-electron chi connectivity index (χ3n) is 2.24. The van der Waals surface area contributed by atoms with Gasteiger partial charge in [0.05, 0.1) is 16.8 Å². The summed E-state index contributed by atoms with van der Waals surface area (Å²) in [6, 6.07) is 3.56. The Bertz CT molecular complexity index is 479. The van der Waals surface area contributed by atoms with Gasteiger partial charge >= 0.3 is 0 Å². The molecule has 0 saturated heterocycles. The molecule has 96 valence electrons. The van der Waals surface area contributed by atoms with Crippen LogP contribution in [0.5, 0.6) is 5.75 Å². The van der Waals surface area contributed by atoms with Crippen LogP contribution in [-0.2, 0) is 6.56 Å². The van der Waals surface area contributed by atoms with E-state index in [1.807, 2.05) is 20.8 Å². The van der Waals surface area contributed by atoms with Crippen molar-refractivity contribution in [2.24, 2.45) is 0 Å². The highest BCUT2D eigenvalue weighted by molar-refractivity contribution is 5.36. The standard InChI is InChI=1S/C13H21NO3/c1-13(2,3)14-7-12(17)9-4-5-11(16)10(6-9)8-15/h4-6,12,14-17H,7-8H2,1-3H3/i8D2,12D. The van der Waals surface area contributed by atoms with Crippen molar-refractivity contribution in [1.82, 2.24) is 5.32 Å². The van der Waals surface area contributed by atoms with E-state index in [-0.39, 0.29) is 23.2 Å². The SMILES string of the molecule is [2H]C([2H])(O)c1cc(C([2H])(O)CNC(C)(C)C)ccc1O. The van der Waals surface area contributed by atoms with Crippen molar-refractivity contribution >= 4 is 0 Å². The van der Waals surface area contributed by atoms with Crippen LogP contribution in [0.25, 0.3) is 0 Å². The molecule has 0 fully saturated rings. The zero-order valence-electron chi connectivity index (χ0n) is 13.3. The molecule has 0 amide bonds. The highest BCUT2D eigenvalue weighted by Gasteiger charge is 2.14. The van der Waals surface area contributed by atoms with Crippen LogP contribution in [-0.4, -0.2) is 27.4 Å². The predicted octanol–water partition coefficient (Wildman–Crippen LogP) is 1.31. The summed E-state index contributed by atoms with van der Waals surface area (Å²) in [5.74, 6) is -0.430. The average Bonchev–Trinajstić information content (AvgIpc) is 2.24. The van der Waals surface area contributed by atoms with Gasteiger partial charge in [-0.3, -0.25) is 0 Å². The summed E-state index contributed by atoms with van der Waals surface area (Å²) in [5, 5.41) is 32.0. The fraction of sp³-hybridized carbons (Fsp3) is 0.538. The van der Waals surface area contributed by atoms with Gasteiger partial charge in [0.25, 0.3) is 0 Å². The first kappa shape index (κ1) is 9.88. The van der Waals surface area contributed by atoms with E-state index in [2.05, 4.69) is 5.32 Å².